The second-order valence-corrected chi connectivity index (χ2v) is 14.1. The van der Waals surface area contributed by atoms with Crippen LogP contribution in [0.3, 0.4) is 0 Å². The van der Waals surface area contributed by atoms with E-state index in [0.717, 1.165) is 85.9 Å². The Morgan fingerprint density at radius 2 is 0.882 bits per heavy atom. The van der Waals surface area contributed by atoms with Gasteiger partial charge in [0.1, 0.15) is 0 Å². The molecule has 0 atom stereocenters. The van der Waals surface area contributed by atoms with E-state index in [9.17, 15) is 0 Å². The molecule has 8 heteroatoms. The van der Waals surface area contributed by atoms with Gasteiger partial charge in [-0.1, -0.05) is 82.2 Å². The third-order valence-corrected chi connectivity index (χ3v) is 11.6. The van der Waals surface area contributed by atoms with E-state index in [4.69, 9.17) is 49.7 Å². The van der Waals surface area contributed by atoms with Gasteiger partial charge in [0.15, 0.2) is 0 Å². The van der Waals surface area contributed by atoms with E-state index < -0.39 is 0 Å². The molecule has 3 aliphatic rings. The zero-order valence-corrected chi connectivity index (χ0v) is 26.1. The van der Waals surface area contributed by atoms with Gasteiger partial charge >= 0.3 is 0 Å². The van der Waals surface area contributed by atoms with Gasteiger partial charge in [-0.15, -0.1) is 0 Å². The first-order chi connectivity index (χ1) is 16.3. The van der Waals surface area contributed by atoms with Crippen LogP contribution in [-0.2, 0) is 0 Å². The summed E-state index contributed by atoms with van der Waals surface area (Å²) in [6.07, 6.45) is 19.8. The second kappa shape index (κ2) is 13.8. The van der Waals surface area contributed by atoms with Crippen LogP contribution in [0.1, 0.15) is 109 Å². The van der Waals surface area contributed by atoms with Crippen molar-refractivity contribution in [3.63, 3.8) is 0 Å². The molecule has 2 nitrogen and oxygen atoms in total. The molecule has 3 aliphatic carbocycles. The molecular weight excluding hydrogens is 533 g/mol. The van der Waals surface area contributed by atoms with Gasteiger partial charge in [0.2, 0.25) is 0 Å². The summed E-state index contributed by atoms with van der Waals surface area (Å²) >= 11 is 32.8. The lowest BCUT2D eigenvalue weighted by Crippen LogP contribution is -2.61. The van der Waals surface area contributed by atoms with Crippen LogP contribution in [0.4, 0.5) is 0 Å². The molecule has 196 valence electrons. The van der Waals surface area contributed by atoms with E-state index in [2.05, 4.69) is 35.1 Å². The molecule has 0 amide bonds. The van der Waals surface area contributed by atoms with Gasteiger partial charge in [0.05, 0.1) is 25.1 Å². The van der Waals surface area contributed by atoms with Crippen LogP contribution in [0.15, 0.2) is 0 Å². The Kier molecular flexibility index (Phi) is 12.1. The number of hydrogen-bond donors (Lipinski definition) is 4. The van der Waals surface area contributed by atoms with Crippen molar-refractivity contribution in [2.75, 3.05) is 24.6 Å². The topological polar surface area (TPSA) is 6.48 Å². The highest BCUT2D eigenvalue weighted by Gasteiger charge is 2.50. The molecule has 0 aromatic rings. The van der Waals surface area contributed by atoms with E-state index in [1.165, 1.54) is 57.8 Å². The minimum atomic E-state index is -0.240. The third kappa shape index (κ3) is 6.78. The van der Waals surface area contributed by atoms with Gasteiger partial charge in [-0.25, -0.2) is 0 Å². The van der Waals surface area contributed by atoms with Crippen LogP contribution in [0, 0.1) is 5.41 Å². The molecule has 0 saturated heterocycles. The fourth-order valence-electron chi connectivity index (χ4n) is 6.42. The summed E-state index contributed by atoms with van der Waals surface area (Å²) in [4.78, 5) is 6.86. The number of hydrogen-bond acceptors (Lipinski definition) is 6. The minimum absolute atomic E-state index is 0.155. The van der Waals surface area contributed by atoms with Gasteiger partial charge < -0.3 is 9.80 Å². The van der Waals surface area contributed by atoms with Crippen molar-refractivity contribution in [1.82, 2.24) is 9.80 Å². The molecular formula is C26H46N2S6. The molecule has 0 N–H and O–H groups in total. The molecule has 3 fully saturated rings. The summed E-state index contributed by atoms with van der Waals surface area (Å²) in [5.41, 5.74) is -0.240. The van der Waals surface area contributed by atoms with E-state index in [1.807, 2.05) is 0 Å². The Bertz CT molecular complexity index is 616. The molecule has 0 radical (unpaired) electrons. The zero-order chi connectivity index (χ0) is 24.7. The average molecular weight is 579 g/mol. The normalized spacial score (nSPS) is 23.8. The van der Waals surface area contributed by atoms with Crippen molar-refractivity contribution in [2.24, 2.45) is 5.41 Å². The summed E-state index contributed by atoms with van der Waals surface area (Å²) in [5, 5.41) is 0. The highest BCUT2D eigenvalue weighted by atomic mass is 32.1. The molecule has 0 aliphatic heterocycles. The highest BCUT2D eigenvalue weighted by Crippen LogP contribution is 2.48. The van der Waals surface area contributed by atoms with Crippen molar-refractivity contribution >= 4 is 84.9 Å². The predicted octanol–water partition coefficient (Wildman–Crippen LogP) is 8.02. The van der Waals surface area contributed by atoms with E-state index in [-0.39, 0.29) is 15.2 Å². The molecule has 0 bridgehead atoms. The van der Waals surface area contributed by atoms with Crippen LogP contribution < -0.4 is 0 Å². The molecule has 0 aromatic heterocycles. The minimum Gasteiger partial charge on any atom is -0.351 e. The molecule has 0 spiro atoms. The van der Waals surface area contributed by atoms with Gasteiger partial charge in [-0.2, -0.15) is 50.5 Å². The van der Waals surface area contributed by atoms with Crippen LogP contribution in [0.5, 0.6) is 0 Å². The van der Waals surface area contributed by atoms with Crippen molar-refractivity contribution in [2.45, 2.75) is 119 Å². The van der Waals surface area contributed by atoms with Crippen molar-refractivity contribution < 1.29 is 0 Å². The van der Waals surface area contributed by atoms with Crippen molar-refractivity contribution in [3.05, 3.63) is 0 Å². The average Bonchev–Trinajstić information content (AvgIpc) is 2.85. The fraction of sp³-hybridized carbons (Fsp3) is 0.923. The number of nitrogens with zero attached hydrogens (tertiary/aromatic N) is 2. The van der Waals surface area contributed by atoms with Crippen molar-refractivity contribution in [1.29, 1.82) is 0 Å². The summed E-state index contributed by atoms with van der Waals surface area (Å²) in [7, 11) is 0. The SMILES string of the molecule is S=C(N(CCCS)C1(S)CCCCC1)C1(C(=S)N(CCCS)C2(S)CCCCC2)CCCCC1. The van der Waals surface area contributed by atoms with E-state index >= 15 is 0 Å². The van der Waals surface area contributed by atoms with Crippen LogP contribution in [0.25, 0.3) is 0 Å². The van der Waals surface area contributed by atoms with Crippen LogP contribution >= 0.6 is 75.0 Å². The Balaban J connectivity index is 1.98. The maximum Gasteiger partial charge on any atom is 0.0921 e. The largest absolute Gasteiger partial charge is 0.351 e. The summed E-state index contributed by atoms with van der Waals surface area (Å²) in [6, 6.07) is 0. The highest BCUT2D eigenvalue weighted by molar-refractivity contribution is 7.83. The van der Waals surface area contributed by atoms with E-state index in [0.29, 0.717) is 0 Å². The monoisotopic (exact) mass is 578 g/mol. The van der Waals surface area contributed by atoms with Gasteiger partial charge in [0, 0.05) is 13.1 Å². The zero-order valence-electron chi connectivity index (χ0n) is 20.8. The standard InChI is InChI=1S/C26H46N2S6/c29-20-10-18-27(25(33)14-6-2-7-15-25)22(31)24(12-4-1-5-13-24)23(32)28(19-11-21-30)26(34)16-8-3-9-17-26/h29-30,33-34H,1-21H2. The number of thiol groups is 4. The molecule has 3 rings (SSSR count). The summed E-state index contributed by atoms with van der Waals surface area (Å²) in [5.74, 6) is 1.74. The van der Waals surface area contributed by atoms with Gasteiger partial charge in [-0.3, -0.25) is 0 Å². The van der Waals surface area contributed by atoms with Gasteiger partial charge in [-0.05, 0) is 62.9 Å². The first-order valence-corrected chi connectivity index (χ1v) is 16.6. The third-order valence-electron chi connectivity index (χ3n) is 8.41. The Hall–Kier alpha value is 1.18. The lowest BCUT2D eigenvalue weighted by Gasteiger charge is -2.54. The quantitative estimate of drug-likeness (QED) is 0.118. The molecule has 3 saturated carbocycles. The first kappa shape index (κ1) is 29.7. The maximum atomic E-state index is 6.52. The van der Waals surface area contributed by atoms with Gasteiger partial charge in [0.25, 0.3) is 0 Å². The first-order valence-electron chi connectivity index (χ1n) is 13.6. The van der Waals surface area contributed by atoms with E-state index in [1.54, 1.807) is 0 Å². The smallest absolute Gasteiger partial charge is 0.0921 e. The van der Waals surface area contributed by atoms with Crippen molar-refractivity contribution in [3.8, 4) is 0 Å². The number of rotatable bonds is 10. The Morgan fingerprint density at radius 3 is 1.21 bits per heavy atom. The molecule has 0 unspecified atom stereocenters. The molecule has 34 heavy (non-hydrogen) atoms. The van der Waals surface area contributed by atoms with Crippen LogP contribution in [0.2, 0.25) is 0 Å². The Morgan fingerprint density at radius 1 is 0.559 bits per heavy atom. The lowest BCUT2D eigenvalue weighted by atomic mass is 9.71. The summed E-state index contributed by atoms with van der Waals surface area (Å²) in [6.45, 7) is 1.86. The molecule has 0 heterocycles. The second-order valence-electron chi connectivity index (χ2n) is 10.8. The summed E-state index contributed by atoms with van der Waals surface area (Å²) < 4.78 is 0. The number of thiocarbonyl (C=S) groups is 2. The Labute approximate surface area is 242 Å². The fourth-order valence-corrected chi connectivity index (χ4v) is 9.07. The van der Waals surface area contributed by atoms with Crippen LogP contribution in [-0.4, -0.2) is 54.1 Å². The molecule has 0 aromatic carbocycles. The lowest BCUT2D eigenvalue weighted by molar-refractivity contribution is 0.176. The predicted molar refractivity (Wildman–Crippen MR) is 171 cm³/mol. The maximum absolute atomic E-state index is 6.52.